The summed E-state index contributed by atoms with van der Waals surface area (Å²) >= 11 is 6.54. The van der Waals surface area contributed by atoms with Gasteiger partial charge in [-0.15, -0.1) is 0 Å². The minimum atomic E-state index is 0.0911. The van der Waals surface area contributed by atoms with Crippen LogP contribution in [0.25, 0.3) is 10.9 Å². The van der Waals surface area contributed by atoms with Crippen LogP contribution in [-0.2, 0) is 4.79 Å². The van der Waals surface area contributed by atoms with E-state index >= 15 is 0 Å². The van der Waals surface area contributed by atoms with E-state index in [-0.39, 0.29) is 17.9 Å². The van der Waals surface area contributed by atoms with Gasteiger partial charge in [-0.05, 0) is 79.9 Å². The van der Waals surface area contributed by atoms with Crippen LogP contribution < -0.4 is 4.74 Å². The van der Waals surface area contributed by atoms with Crippen LogP contribution in [-0.4, -0.2) is 34.0 Å². The molecule has 3 fully saturated rings. The summed E-state index contributed by atoms with van der Waals surface area (Å²) in [7, 11) is 0. The largest absolute Gasteiger partial charge is 0.488 e. The van der Waals surface area contributed by atoms with Crippen molar-refractivity contribution in [3.63, 3.8) is 0 Å². The Morgan fingerprint density at radius 1 is 1.25 bits per heavy atom. The number of halogens is 1. The average Bonchev–Trinajstić information content (AvgIpc) is 3.37. The first-order chi connectivity index (χ1) is 15.1. The summed E-state index contributed by atoms with van der Waals surface area (Å²) in [6, 6.07) is 4.57. The monoisotopic (exact) mass is 456 g/mol. The summed E-state index contributed by atoms with van der Waals surface area (Å²) in [5.41, 5.74) is 2.81. The van der Waals surface area contributed by atoms with Crippen LogP contribution in [0.4, 0.5) is 0 Å². The molecule has 3 aliphatic rings. The summed E-state index contributed by atoms with van der Waals surface area (Å²) in [4.78, 5) is 19.3. The minimum Gasteiger partial charge on any atom is -0.488 e. The number of hydrogen-bond acceptors (Lipinski definition) is 2. The van der Waals surface area contributed by atoms with Gasteiger partial charge < -0.3 is 14.6 Å². The van der Waals surface area contributed by atoms with E-state index in [1.54, 1.807) is 0 Å². The van der Waals surface area contributed by atoms with E-state index in [0.717, 1.165) is 54.3 Å². The van der Waals surface area contributed by atoms with Crippen molar-refractivity contribution in [2.75, 3.05) is 0 Å². The third-order valence-electron chi connectivity index (χ3n) is 7.97. The molecule has 2 aromatic rings. The lowest BCUT2D eigenvalue weighted by Crippen LogP contribution is -2.58. The van der Waals surface area contributed by atoms with Crippen LogP contribution in [0.3, 0.4) is 0 Å². The topological polar surface area (TPSA) is 45.3 Å². The van der Waals surface area contributed by atoms with E-state index in [4.69, 9.17) is 16.3 Å². The lowest BCUT2D eigenvalue weighted by molar-refractivity contribution is -0.147. The van der Waals surface area contributed by atoms with Crippen LogP contribution in [0.2, 0.25) is 5.02 Å². The Labute approximate surface area is 197 Å². The van der Waals surface area contributed by atoms with Gasteiger partial charge in [0, 0.05) is 35.6 Å². The van der Waals surface area contributed by atoms with Crippen molar-refractivity contribution in [1.82, 2.24) is 9.88 Å². The van der Waals surface area contributed by atoms with Gasteiger partial charge in [0.25, 0.3) is 0 Å². The molecule has 2 heterocycles. The van der Waals surface area contributed by atoms with Crippen molar-refractivity contribution in [2.24, 2.45) is 10.8 Å². The van der Waals surface area contributed by atoms with E-state index < -0.39 is 0 Å². The second kappa shape index (κ2) is 7.68. The first kappa shape index (κ1) is 22.1. The number of hydrogen-bond donors (Lipinski definition) is 1. The minimum absolute atomic E-state index is 0.0911. The Morgan fingerprint density at radius 3 is 2.72 bits per heavy atom. The number of aromatic amines is 1. The number of fused-ring (bicyclic) bond motifs is 3. The number of likely N-dealkylation sites (tertiary alicyclic amines) is 1. The molecule has 4 unspecified atom stereocenters. The van der Waals surface area contributed by atoms with Crippen LogP contribution in [0.1, 0.15) is 91.0 Å². The smallest absolute Gasteiger partial charge is 0.223 e. The Balaban J connectivity index is 1.39. The van der Waals surface area contributed by atoms with Gasteiger partial charge in [0.15, 0.2) is 0 Å². The van der Waals surface area contributed by atoms with Gasteiger partial charge >= 0.3 is 0 Å². The average molecular weight is 457 g/mol. The van der Waals surface area contributed by atoms with Gasteiger partial charge in [0.05, 0.1) is 11.1 Å². The fourth-order valence-electron chi connectivity index (χ4n) is 7.08. The third-order valence-corrected chi connectivity index (χ3v) is 8.27. The van der Waals surface area contributed by atoms with Crippen molar-refractivity contribution in [2.45, 2.75) is 104 Å². The Bertz CT molecular complexity index is 1030. The molecule has 4 atom stereocenters. The van der Waals surface area contributed by atoms with Crippen LogP contribution in [0.15, 0.2) is 18.3 Å². The molecule has 5 heteroatoms. The molecule has 1 saturated heterocycles. The molecule has 174 valence electrons. The number of nitrogens with one attached hydrogen (secondary N) is 1. The molecule has 2 bridgehead atoms. The number of piperidine rings is 1. The van der Waals surface area contributed by atoms with Gasteiger partial charge in [0.2, 0.25) is 5.91 Å². The highest BCUT2D eigenvalue weighted by Crippen LogP contribution is 2.53. The highest BCUT2D eigenvalue weighted by Gasteiger charge is 2.49. The second-order valence-electron chi connectivity index (χ2n) is 12.0. The van der Waals surface area contributed by atoms with E-state index in [1.807, 2.05) is 18.3 Å². The van der Waals surface area contributed by atoms with Crippen molar-refractivity contribution < 1.29 is 9.53 Å². The predicted molar refractivity (Wildman–Crippen MR) is 130 cm³/mol. The van der Waals surface area contributed by atoms with Crippen LogP contribution in [0, 0.1) is 10.8 Å². The zero-order chi connectivity index (χ0) is 22.8. The highest BCUT2D eigenvalue weighted by atomic mass is 35.5. The molecule has 1 N–H and O–H groups in total. The quantitative estimate of drug-likeness (QED) is 0.523. The molecule has 0 radical (unpaired) electrons. The molecule has 1 aliphatic heterocycles. The van der Waals surface area contributed by atoms with Gasteiger partial charge in [-0.1, -0.05) is 39.3 Å². The van der Waals surface area contributed by atoms with Gasteiger partial charge in [0.1, 0.15) is 5.75 Å². The molecule has 1 aromatic heterocycles. The van der Waals surface area contributed by atoms with E-state index in [1.165, 1.54) is 6.42 Å². The lowest BCUT2D eigenvalue weighted by atomic mass is 9.58. The molecule has 2 saturated carbocycles. The van der Waals surface area contributed by atoms with Gasteiger partial charge in [-0.25, -0.2) is 0 Å². The van der Waals surface area contributed by atoms with E-state index in [2.05, 4.69) is 44.5 Å². The number of amides is 1. The standard InChI is InChI=1S/C27H37ClN2O2/c1-16(20-14-29-22-9-8-21(28)25(24(20)22)32-19-6-7-19)10-23(31)30-17(2)11-27(5)13-18(30)12-26(3,4)15-27/h8-9,14,16-19,29H,6-7,10-13,15H2,1-5H3. The number of benzene rings is 1. The van der Waals surface area contributed by atoms with Crippen molar-refractivity contribution in [3.8, 4) is 5.75 Å². The summed E-state index contributed by atoms with van der Waals surface area (Å²) < 4.78 is 6.20. The van der Waals surface area contributed by atoms with E-state index in [0.29, 0.717) is 34.4 Å². The fourth-order valence-corrected chi connectivity index (χ4v) is 7.28. The molecule has 5 rings (SSSR count). The van der Waals surface area contributed by atoms with E-state index in [9.17, 15) is 4.79 Å². The molecular formula is C27H37ClN2O2. The maximum Gasteiger partial charge on any atom is 0.223 e. The number of aromatic nitrogens is 1. The van der Waals surface area contributed by atoms with Crippen molar-refractivity contribution >= 4 is 28.4 Å². The van der Waals surface area contributed by atoms with Crippen LogP contribution >= 0.6 is 11.6 Å². The molecule has 1 aromatic carbocycles. The van der Waals surface area contributed by atoms with Gasteiger partial charge in [-0.2, -0.15) is 0 Å². The maximum atomic E-state index is 13.7. The molecular weight excluding hydrogens is 420 g/mol. The summed E-state index contributed by atoms with van der Waals surface area (Å²) in [6.07, 6.45) is 9.62. The fraction of sp³-hybridized carbons (Fsp3) is 0.667. The number of H-pyrrole nitrogens is 1. The second-order valence-corrected chi connectivity index (χ2v) is 12.4. The third kappa shape index (κ3) is 4.04. The first-order valence-electron chi connectivity index (χ1n) is 12.3. The summed E-state index contributed by atoms with van der Waals surface area (Å²) in [5.74, 6) is 1.16. The lowest BCUT2D eigenvalue weighted by Gasteiger charge is -2.57. The van der Waals surface area contributed by atoms with Crippen molar-refractivity contribution in [3.05, 3.63) is 28.9 Å². The zero-order valence-electron chi connectivity index (χ0n) is 20.1. The van der Waals surface area contributed by atoms with Gasteiger partial charge in [-0.3, -0.25) is 4.79 Å². The Kier molecular flexibility index (Phi) is 5.31. The number of rotatable bonds is 5. The van der Waals surface area contributed by atoms with Crippen LogP contribution in [0.5, 0.6) is 5.75 Å². The Hall–Kier alpha value is -1.68. The molecule has 2 aliphatic carbocycles. The summed E-state index contributed by atoms with van der Waals surface area (Å²) in [6.45, 7) is 11.6. The molecule has 4 nitrogen and oxygen atoms in total. The molecule has 32 heavy (non-hydrogen) atoms. The Morgan fingerprint density at radius 2 is 2.00 bits per heavy atom. The number of carbonyl (C=O) groups is 1. The SMILES string of the molecule is CC(CC(=O)N1C(C)CC2(C)CC1CC(C)(C)C2)c1c[nH]c2ccc(Cl)c(OC3CC3)c12. The first-order valence-corrected chi connectivity index (χ1v) is 12.7. The summed E-state index contributed by atoms with van der Waals surface area (Å²) in [5, 5.41) is 1.69. The highest BCUT2D eigenvalue weighted by molar-refractivity contribution is 6.33. The number of carbonyl (C=O) groups excluding carboxylic acids is 1. The zero-order valence-corrected chi connectivity index (χ0v) is 20.9. The predicted octanol–water partition coefficient (Wildman–Crippen LogP) is 7.06. The molecule has 1 amide bonds. The van der Waals surface area contributed by atoms with Crippen molar-refractivity contribution in [1.29, 1.82) is 0 Å². The number of nitrogens with zero attached hydrogens (tertiary/aromatic N) is 1. The normalized spacial score (nSPS) is 30.4. The number of ether oxygens (including phenoxy) is 1. The molecule has 0 spiro atoms. The maximum absolute atomic E-state index is 13.7.